The summed E-state index contributed by atoms with van der Waals surface area (Å²) in [5.74, 6) is -6.67. The molecule has 0 amide bonds. The molecule has 37 heavy (non-hydrogen) atoms. The van der Waals surface area contributed by atoms with E-state index >= 15 is 0 Å². The average molecular weight is 503 g/mol. The van der Waals surface area contributed by atoms with E-state index in [2.05, 4.69) is 9.47 Å². The molecule has 0 saturated carbocycles. The van der Waals surface area contributed by atoms with Crippen LogP contribution in [0.4, 0.5) is 5.69 Å². The zero-order valence-electron chi connectivity index (χ0n) is 18.0. The molecule has 182 valence electrons. The molecule has 3 aromatic rings. The molecule has 0 bridgehead atoms. The van der Waals surface area contributed by atoms with Gasteiger partial charge in [-0.25, -0.2) is 28.8 Å². The number of carbonyl (C=O) groups excluding carboxylic acids is 6. The summed E-state index contributed by atoms with van der Waals surface area (Å²) in [5.41, 5.74) is -2.50. The fourth-order valence-electron chi connectivity index (χ4n) is 3.65. The smallest absolute Gasteiger partial charge is 0.351 e. The summed E-state index contributed by atoms with van der Waals surface area (Å²) in [6, 6.07) is 10.0. The number of rotatable bonds is 5. The highest BCUT2D eigenvalue weighted by Crippen LogP contribution is 2.30. The van der Waals surface area contributed by atoms with Crippen LogP contribution in [-0.2, 0) is 9.47 Å². The highest BCUT2D eigenvalue weighted by molar-refractivity contribution is 6.16. The maximum absolute atomic E-state index is 13.0. The number of ether oxygens (including phenoxy) is 4. The van der Waals surface area contributed by atoms with Crippen LogP contribution < -0.4 is 9.47 Å². The van der Waals surface area contributed by atoms with Crippen molar-refractivity contribution in [2.24, 2.45) is 0 Å². The third kappa shape index (κ3) is 3.95. The first-order valence-electron chi connectivity index (χ1n) is 10.2. The summed E-state index contributed by atoms with van der Waals surface area (Å²) in [5, 5.41) is 11.6. The highest BCUT2D eigenvalue weighted by Gasteiger charge is 2.34. The standard InChI is InChI=1S/C24H9NO12/c26-19-12-6-4-10(8-15(12)22(29)36-19)34-21(28)14-2-1-3-17(25(32)33)18(14)24(31)35-11-5-7-13-16(9-11)23(30)37-20(13)27/h1-9H. The van der Waals surface area contributed by atoms with Gasteiger partial charge in [0.15, 0.2) is 5.56 Å². The lowest BCUT2D eigenvalue weighted by atomic mass is 10.0. The molecule has 2 heterocycles. The predicted molar refractivity (Wildman–Crippen MR) is 115 cm³/mol. The van der Waals surface area contributed by atoms with Crippen molar-refractivity contribution in [1.29, 1.82) is 0 Å². The Morgan fingerprint density at radius 1 is 0.676 bits per heavy atom. The van der Waals surface area contributed by atoms with Crippen LogP contribution in [-0.4, -0.2) is 40.7 Å². The van der Waals surface area contributed by atoms with E-state index in [9.17, 15) is 38.9 Å². The molecule has 0 unspecified atom stereocenters. The number of nitro groups is 1. The molecule has 2 aliphatic rings. The number of hydrogen-bond donors (Lipinski definition) is 0. The molecule has 5 rings (SSSR count). The number of cyclic esters (lactones) is 4. The Morgan fingerprint density at radius 2 is 1.16 bits per heavy atom. The topological polar surface area (TPSA) is 182 Å². The second kappa shape index (κ2) is 8.49. The molecule has 0 spiro atoms. The lowest BCUT2D eigenvalue weighted by Crippen LogP contribution is -2.19. The Balaban J connectivity index is 1.47. The third-order valence-electron chi connectivity index (χ3n) is 5.32. The number of fused-ring (bicyclic) bond motifs is 2. The summed E-state index contributed by atoms with van der Waals surface area (Å²) in [7, 11) is 0. The quantitative estimate of drug-likeness (QED) is 0.163. The second-order valence-corrected chi connectivity index (χ2v) is 7.50. The van der Waals surface area contributed by atoms with Crippen molar-refractivity contribution >= 4 is 41.5 Å². The summed E-state index contributed by atoms with van der Waals surface area (Å²) in [6.07, 6.45) is 0. The summed E-state index contributed by atoms with van der Waals surface area (Å²) < 4.78 is 19.3. The predicted octanol–water partition coefficient (Wildman–Crippen LogP) is 2.65. The highest BCUT2D eigenvalue weighted by atomic mass is 16.6. The maximum atomic E-state index is 13.0. The Morgan fingerprint density at radius 3 is 1.68 bits per heavy atom. The normalized spacial score (nSPS) is 13.4. The molecule has 0 fully saturated rings. The number of benzene rings is 3. The van der Waals surface area contributed by atoms with E-state index in [1.54, 1.807) is 0 Å². The second-order valence-electron chi connectivity index (χ2n) is 7.50. The first-order chi connectivity index (χ1) is 17.6. The van der Waals surface area contributed by atoms with Crippen molar-refractivity contribution in [2.45, 2.75) is 0 Å². The van der Waals surface area contributed by atoms with Gasteiger partial charge in [0.05, 0.1) is 32.7 Å². The number of carbonyl (C=O) groups is 6. The van der Waals surface area contributed by atoms with Gasteiger partial charge in [-0.15, -0.1) is 0 Å². The van der Waals surface area contributed by atoms with E-state index in [1.807, 2.05) is 0 Å². The zero-order valence-corrected chi connectivity index (χ0v) is 18.0. The van der Waals surface area contributed by atoms with Gasteiger partial charge in [0.25, 0.3) is 5.69 Å². The Kier molecular flexibility index (Phi) is 5.29. The average Bonchev–Trinajstić information content (AvgIpc) is 3.31. The van der Waals surface area contributed by atoms with Gasteiger partial charge >= 0.3 is 35.8 Å². The number of hydrogen-bond acceptors (Lipinski definition) is 12. The van der Waals surface area contributed by atoms with E-state index in [-0.39, 0.29) is 33.8 Å². The minimum Gasteiger partial charge on any atom is -0.423 e. The van der Waals surface area contributed by atoms with Gasteiger partial charge in [-0.05, 0) is 42.5 Å². The Labute approximate surface area is 204 Å². The molecule has 2 aliphatic heterocycles. The van der Waals surface area contributed by atoms with Crippen molar-refractivity contribution in [2.75, 3.05) is 0 Å². The van der Waals surface area contributed by atoms with Crippen LogP contribution in [0.2, 0.25) is 0 Å². The van der Waals surface area contributed by atoms with Gasteiger partial charge in [0.1, 0.15) is 11.5 Å². The van der Waals surface area contributed by atoms with Crippen molar-refractivity contribution in [3.05, 3.63) is 98.1 Å². The SMILES string of the molecule is O=C1OC(=O)c2cc(OC(=O)c3cccc([N+](=O)[O-])c3C(=O)Oc3ccc4c(c3)C(=O)OC4=O)ccc21. The molecule has 0 aliphatic carbocycles. The first-order valence-corrected chi connectivity index (χ1v) is 10.2. The van der Waals surface area contributed by atoms with Crippen molar-refractivity contribution in [3.8, 4) is 11.5 Å². The molecular weight excluding hydrogens is 494 g/mol. The summed E-state index contributed by atoms with van der Waals surface area (Å²) >= 11 is 0. The number of nitro benzene ring substituents is 1. The fourth-order valence-corrected chi connectivity index (χ4v) is 3.65. The fraction of sp³-hybridized carbons (Fsp3) is 0. The molecule has 13 heteroatoms. The molecular formula is C24H9NO12. The minimum absolute atomic E-state index is 0.0376. The van der Waals surface area contributed by atoms with Crippen LogP contribution in [0.3, 0.4) is 0 Å². The lowest BCUT2D eigenvalue weighted by molar-refractivity contribution is -0.385. The van der Waals surface area contributed by atoms with Crippen LogP contribution in [0.15, 0.2) is 54.6 Å². The summed E-state index contributed by atoms with van der Waals surface area (Å²) in [6.45, 7) is 0. The first kappa shape index (κ1) is 23.0. The van der Waals surface area contributed by atoms with Gasteiger partial charge in [-0.3, -0.25) is 10.1 Å². The third-order valence-corrected chi connectivity index (χ3v) is 5.32. The van der Waals surface area contributed by atoms with E-state index in [4.69, 9.17) is 9.47 Å². The maximum Gasteiger partial charge on any atom is 0.351 e. The summed E-state index contributed by atoms with van der Waals surface area (Å²) in [4.78, 5) is 83.3. The Bertz CT molecular complexity index is 1620. The van der Waals surface area contributed by atoms with Crippen LogP contribution in [0.5, 0.6) is 11.5 Å². The van der Waals surface area contributed by atoms with E-state index in [0.717, 1.165) is 36.4 Å². The monoisotopic (exact) mass is 503 g/mol. The van der Waals surface area contributed by atoms with Crippen LogP contribution in [0.25, 0.3) is 0 Å². The van der Waals surface area contributed by atoms with Gasteiger partial charge in [0.2, 0.25) is 0 Å². The van der Waals surface area contributed by atoms with E-state index in [1.165, 1.54) is 18.2 Å². The molecule has 0 N–H and O–H groups in total. The molecule has 0 saturated heterocycles. The van der Waals surface area contributed by atoms with Crippen LogP contribution in [0, 0.1) is 10.1 Å². The number of nitrogens with zero attached hydrogens (tertiary/aromatic N) is 1. The van der Waals surface area contributed by atoms with Crippen LogP contribution >= 0.6 is 0 Å². The molecule has 13 nitrogen and oxygen atoms in total. The zero-order chi connectivity index (χ0) is 26.4. The van der Waals surface area contributed by atoms with Gasteiger partial charge in [0, 0.05) is 6.07 Å². The Hall–Kier alpha value is -5.72. The lowest BCUT2D eigenvalue weighted by Gasteiger charge is -2.10. The minimum atomic E-state index is -1.33. The van der Waals surface area contributed by atoms with Crippen molar-refractivity contribution < 1.29 is 52.6 Å². The van der Waals surface area contributed by atoms with Gasteiger partial charge in [-0.1, -0.05) is 6.07 Å². The molecule has 0 atom stereocenters. The van der Waals surface area contributed by atoms with E-state index in [0.29, 0.717) is 0 Å². The van der Waals surface area contributed by atoms with Crippen molar-refractivity contribution in [1.82, 2.24) is 0 Å². The molecule has 0 radical (unpaired) electrons. The van der Waals surface area contributed by atoms with Gasteiger partial charge in [-0.2, -0.15) is 0 Å². The number of esters is 6. The largest absolute Gasteiger partial charge is 0.423 e. The molecule has 0 aromatic heterocycles. The van der Waals surface area contributed by atoms with Crippen LogP contribution in [0.1, 0.15) is 62.1 Å². The molecule has 3 aromatic carbocycles. The van der Waals surface area contributed by atoms with Gasteiger partial charge < -0.3 is 18.9 Å². The van der Waals surface area contributed by atoms with E-state index < -0.39 is 57.6 Å². The van der Waals surface area contributed by atoms with Crippen molar-refractivity contribution in [3.63, 3.8) is 0 Å².